The number of esters is 1. The number of nitrogens with zero attached hydrogens (tertiary/aromatic N) is 4. The molecule has 0 unspecified atom stereocenters. The highest BCUT2D eigenvalue weighted by Gasteiger charge is 2.17. The maximum absolute atomic E-state index is 12.2. The molecule has 2 heterocycles. The first-order valence-electron chi connectivity index (χ1n) is 6.29. The number of hydrogen-bond acceptors (Lipinski definition) is 6. The Morgan fingerprint density at radius 1 is 1.19 bits per heavy atom. The molecule has 21 heavy (non-hydrogen) atoms. The van der Waals surface area contributed by atoms with Gasteiger partial charge in [-0.2, -0.15) is 0 Å². The van der Waals surface area contributed by atoms with Crippen molar-refractivity contribution < 1.29 is 9.53 Å². The second-order valence-corrected chi connectivity index (χ2v) is 5.37. The Hall–Kier alpha value is -2.03. The van der Waals surface area contributed by atoms with Gasteiger partial charge in [0.2, 0.25) is 0 Å². The number of aryl methyl sites for hydroxylation is 2. The second-order valence-electron chi connectivity index (χ2n) is 4.43. The fourth-order valence-corrected chi connectivity index (χ4v) is 2.72. The van der Waals surface area contributed by atoms with Gasteiger partial charge in [-0.3, -0.25) is 18.7 Å². The highest BCUT2D eigenvalue weighted by Crippen LogP contribution is 2.20. The van der Waals surface area contributed by atoms with Gasteiger partial charge in [-0.25, -0.2) is 9.78 Å². The zero-order valence-corrected chi connectivity index (χ0v) is 13.1. The molecule has 2 aromatic heterocycles. The van der Waals surface area contributed by atoms with E-state index < -0.39 is 11.2 Å². The first-order valence-corrected chi connectivity index (χ1v) is 7.27. The van der Waals surface area contributed by atoms with Crippen LogP contribution in [-0.2, 0) is 30.7 Å². The van der Waals surface area contributed by atoms with Crippen molar-refractivity contribution in [2.24, 2.45) is 21.1 Å². The molecule has 0 radical (unpaired) electrons. The Balaban J connectivity index is 2.49. The molecule has 0 aliphatic heterocycles. The first-order chi connectivity index (χ1) is 9.88. The molecule has 114 valence electrons. The Labute approximate surface area is 124 Å². The third-order valence-electron chi connectivity index (χ3n) is 3.06. The summed E-state index contributed by atoms with van der Waals surface area (Å²) in [6.07, 6.45) is 0. The second kappa shape index (κ2) is 5.76. The number of ether oxygens (including phenoxy) is 1. The van der Waals surface area contributed by atoms with Gasteiger partial charge in [0.25, 0.3) is 5.56 Å². The first kappa shape index (κ1) is 15.4. The van der Waals surface area contributed by atoms with E-state index in [0.717, 1.165) is 16.3 Å². The van der Waals surface area contributed by atoms with Crippen LogP contribution in [0.15, 0.2) is 14.7 Å². The summed E-state index contributed by atoms with van der Waals surface area (Å²) in [5, 5.41) is 0.483. The molecule has 0 spiro atoms. The molecule has 0 aromatic carbocycles. The van der Waals surface area contributed by atoms with E-state index in [-0.39, 0.29) is 11.7 Å². The lowest BCUT2D eigenvalue weighted by molar-refractivity contribution is -0.139. The summed E-state index contributed by atoms with van der Waals surface area (Å²) in [5.74, 6) is -0.254. The predicted molar refractivity (Wildman–Crippen MR) is 78.6 cm³/mol. The van der Waals surface area contributed by atoms with Crippen LogP contribution >= 0.6 is 11.8 Å². The summed E-state index contributed by atoms with van der Waals surface area (Å²) >= 11 is 1.16. The summed E-state index contributed by atoms with van der Waals surface area (Å²) in [6, 6.07) is 0. The molecule has 8 nitrogen and oxygen atoms in total. The monoisotopic (exact) mass is 312 g/mol. The SMILES string of the molecule is CCOC(=O)CSc1nc2c(c(=O)n(C)c(=O)n2C)n1C. The number of carbonyl (C=O) groups excluding carboxylic acids is 1. The number of carbonyl (C=O) groups is 1. The topological polar surface area (TPSA) is 88.1 Å². The number of rotatable bonds is 4. The van der Waals surface area contributed by atoms with E-state index in [4.69, 9.17) is 4.74 Å². The van der Waals surface area contributed by atoms with Crippen LogP contribution in [0.1, 0.15) is 6.92 Å². The third-order valence-corrected chi connectivity index (χ3v) is 4.06. The van der Waals surface area contributed by atoms with Gasteiger partial charge in [0.1, 0.15) is 0 Å². The van der Waals surface area contributed by atoms with E-state index in [1.165, 1.54) is 11.6 Å². The molecule has 0 aliphatic rings. The van der Waals surface area contributed by atoms with Crippen LogP contribution in [-0.4, -0.2) is 37.0 Å². The molecule has 0 saturated heterocycles. The van der Waals surface area contributed by atoms with Crippen LogP contribution in [0.2, 0.25) is 0 Å². The van der Waals surface area contributed by atoms with Gasteiger partial charge in [0, 0.05) is 21.1 Å². The zero-order chi connectivity index (χ0) is 15.7. The molecule has 0 atom stereocenters. The van der Waals surface area contributed by atoms with Crippen LogP contribution in [0.5, 0.6) is 0 Å². The molecular formula is C12H16N4O4S. The molecule has 0 fully saturated rings. The van der Waals surface area contributed by atoms with E-state index in [2.05, 4.69) is 4.98 Å². The van der Waals surface area contributed by atoms with E-state index in [9.17, 15) is 14.4 Å². The van der Waals surface area contributed by atoms with E-state index in [0.29, 0.717) is 22.9 Å². The lowest BCUT2D eigenvalue weighted by atomic mass is 10.5. The van der Waals surface area contributed by atoms with Crippen molar-refractivity contribution in [3.05, 3.63) is 20.8 Å². The summed E-state index contributed by atoms with van der Waals surface area (Å²) in [4.78, 5) is 39.7. The van der Waals surface area contributed by atoms with E-state index in [1.807, 2.05) is 0 Å². The quantitative estimate of drug-likeness (QED) is 0.565. The van der Waals surface area contributed by atoms with Crippen molar-refractivity contribution in [3.8, 4) is 0 Å². The number of imidazole rings is 1. The van der Waals surface area contributed by atoms with Gasteiger partial charge >= 0.3 is 11.7 Å². The van der Waals surface area contributed by atoms with Gasteiger partial charge in [-0.15, -0.1) is 0 Å². The van der Waals surface area contributed by atoms with Crippen LogP contribution in [0, 0.1) is 0 Å². The van der Waals surface area contributed by atoms with Crippen molar-refractivity contribution in [1.29, 1.82) is 0 Å². The summed E-state index contributed by atoms with van der Waals surface area (Å²) < 4.78 is 8.77. The predicted octanol–water partition coefficient (Wildman–Crippen LogP) is -0.374. The fourth-order valence-electron chi connectivity index (χ4n) is 1.95. The van der Waals surface area contributed by atoms with Gasteiger partial charge in [0.05, 0.1) is 12.4 Å². The van der Waals surface area contributed by atoms with Gasteiger partial charge in [-0.05, 0) is 6.92 Å². The van der Waals surface area contributed by atoms with Crippen molar-refractivity contribution in [1.82, 2.24) is 18.7 Å². The van der Waals surface area contributed by atoms with Crippen molar-refractivity contribution in [2.45, 2.75) is 12.1 Å². The Bertz CT molecular complexity index is 817. The van der Waals surface area contributed by atoms with Gasteiger partial charge in [-0.1, -0.05) is 11.8 Å². The average molecular weight is 312 g/mol. The normalized spacial score (nSPS) is 11.0. The van der Waals surface area contributed by atoms with Gasteiger partial charge in [0.15, 0.2) is 16.3 Å². The third kappa shape index (κ3) is 2.60. The summed E-state index contributed by atoms with van der Waals surface area (Å²) in [5.41, 5.74) is -0.221. The maximum Gasteiger partial charge on any atom is 0.332 e. The number of hydrogen-bond donors (Lipinski definition) is 0. The van der Waals surface area contributed by atoms with Crippen molar-refractivity contribution in [3.63, 3.8) is 0 Å². The molecule has 9 heteroatoms. The molecule has 2 rings (SSSR count). The molecule has 2 aromatic rings. The molecular weight excluding hydrogens is 296 g/mol. The number of aromatic nitrogens is 4. The van der Waals surface area contributed by atoms with Gasteiger partial charge < -0.3 is 9.30 Å². The molecule has 0 amide bonds. The highest BCUT2D eigenvalue weighted by molar-refractivity contribution is 7.99. The van der Waals surface area contributed by atoms with Crippen LogP contribution in [0.25, 0.3) is 11.2 Å². The fraction of sp³-hybridized carbons (Fsp3) is 0.500. The van der Waals surface area contributed by atoms with E-state index in [1.54, 1.807) is 25.6 Å². The average Bonchev–Trinajstić information content (AvgIpc) is 2.78. The molecule has 0 saturated carbocycles. The standard InChI is InChI=1S/C12H16N4O4S/c1-5-20-7(17)6-21-11-13-9-8(14(11)2)10(18)16(4)12(19)15(9)3/h5-6H2,1-4H3. The Morgan fingerprint density at radius 2 is 1.86 bits per heavy atom. The Morgan fingerprint density at radius 3 is 2.48 bits per heavy atom. The zero-order valence-electron chi connectivity index (χ0n) is 12.2. The number of fused-ring (bicyclic) bond motifs is 1. The minimum atomic E-state index is -0.437. The maximum atomic E-state index is 12.2. The van der Waals surface area contributed by atoms with Crippen LogP contribution < -0.4 is 11.2 Å². The summed E-state index contributed by atoms with van der Waals surface area (Å²) in [6.45, 7) is 2.05. The lowest BCUT2D eigenvalue weighted by Crippen LogP contribution is -2.37. The molecule has 0 bridgehead atoms. The largest absolute Gasteiger partial charge is 0.465 e. The van der Waals surface area contributed by atoms with Crippen LogP contribution in [0.3, 0.4) is 0 Å². The van der Waals surface area contributed by atoms with Crippen molar-refractivity contribution >= 4 is 28.9 Å². The minimum absolute atomic E-state index is 0.0965. The Kier molecular flexibility index (Phi) is 4.21. The molecule has 0 aliphatic carbocycles. The minimum Gasteiger partial charge on any atom is -0.465 e. The number of thioether (sulfide) groups is 1. The smallest absolute Gasteiger partial charge is 0.332 e. The lowest BCUT2D eigenvalue weighted by Gasteiger charge is -2.03. The molecule has 0 N–H and O–H groups in total. The van der Waals surface area contributed by atoms with E-state index >= 15 is 0 Å². The highest BCUT2D eigenvalue weighted by atomic mass is 32.2. The summed E-state index contributed by atoms with van der Waals surface area (Å²) in [7, 11) is 4.65. The van der Waals surface area contributed by atoms with Crippen molar-refractivity contribution in [2.75, 3.05) is 12.4 Å². The van der Waals surface area contributed by atoms with Crippen LogP contribution in [0.4, 0.5) is 0 Å².